The summed E-state index contributed by atoms with van der Waals surface area (Å²) >= 11 is 6.20. The molecule has 0 aromatic heterocycles. The standard InChI is InChI=1S/C15H21ClN2O2S/c1-3-17-10-13-6-7-14(9-15(13)16)21(19,20)18-8-4-5-12(2)11-18/h5-7,9,17H,3-4,8,10-11H2,1-2H3. The van der Waals surface area contributed by atoms with Gasteiger partial charge in [-0.1, -0.05) is 36.2 Å². The van der Waals surface area contributed by atoms with E-state index in [1.807, 2.05) is 13.8 Å². The summed E-state index contributed by atoms with van der Waals surface area (Å²) in [6.07, 6.45) is 2.84. The first kappa shape index (κ1) is 16.5. The van der Waals surface area contributed by atoms with Crippen molar-refractivity contribution < 1.29 is 8.42 Å². The van der Waals surface area contributed by atoms with E-state index in [1.54, 1.807) is 18.2 Å². The van der Waals surface area contributed by atoms with Crippen LogP contribution in [0.15, 0.2) is 34.7 Å². The molecule has 1 aromatic rings. The molecule has 1 aliphatic heterocycles. The van der Waals surface area contributed by atoms with Crippen LogP contribution in [-0.2, 0) is 16.6 Å². The molecule has 2 rings (SSSR count). The van der Waals surface area contributed by atoms with Crippen molar-refractivity contribution in [2.75, 3.05) is 19.6 Å². The topological polar surface area (TPSA) is 49.4 Å². The summed E-state index contributed by atoms with van der Waals surface area (Å²) in [5, 5.41) is 3.67. The molecule has 1 aromatic carbocycles. The molecule has 1 N–H and O–H groups in total. The molecule has 0 radical (unpaired) electrons. The van der Waals surface area contributed by atoms with Crippen LogP contribution in [0.5, 0.6) is 0 Å². The molecule has 0 amide bonds. The van der Waals surface area contributed by atoms with Crippen LogP contribution < -0.4 is 5.32 Å². The van der Waals surface area contributed by atoms with Gasteiger partial charge in [0, 0.05) is 24.7 Å². The summed E-state index contributed by atoms with van der Waals surface area (Å²) in [6.45, 7) is 6.43. The summed E-state index contributed by atoms with van der Waals surface area (Å²) in [5.41, 5.74) is 1.99. The number of nitrogens with zero attached hydrogens (tertiary/aromatic N) is 1. The number of hydrogen-bond acceptors (Lipinski definition) is 3. The Kier molecular flexibility index (Phi) is 5.43. The number of hydrogen-bond donors (Lipinski definition) is 1. The zero-order chi connectivity index (χ0) is 15.5. The number of sulfonamides is 1. The second-order valence-electron chi connectivity index (χ2n) is 5.21. The van der Waals surface area contributed by atoms with Gasteiger partial charge in [-0.05, 0) is 37.6 Å². The van der Waals surface area contributed by atoms with E-state index >= 15 is 0 Å². The van der Waals surface area contributed by atoms with Crippen LogP contribution in [0.4, 0.5) is 0 Å². The van der Waals surface area contributed by atoms with E-state index in [0.717, 1.165) is 24.1 Å². The van der Waals surface area contributed by atoms with Crippen molar-refractivity contribution in [2.24, 2.45) is 0 Å². The summed E-state index contributed by atoms with van der Waals surface area (Å²) in [4.78, 5) is 0.266. The molecular formula is C15H21ClN2O2S. The Bertz CT molecular complexity index is 641. The van der Waals surface area contributed by atoms with Crippen molar-refractivity contribution in [3.8, 4) is 0 Å². The Hall–Kier alpha value is -0.880. The summed E-state index contributed by atoms with van der Waals surface area (Å²) in [6, 6.07) is 4.98. The highest BCUT2D eigenvalue weighted by atomic mass is 35.5. The van der Waals surface area contributed by atoms with Gasteiger partial charge in [0.25, 0.3) is 0 Å². The van der Waals surface area contributed by atoms with Gasteiger partial charge in [0.2, 0.25) is 10.0 Å². The van der Waals surface area contributed by atoms with Gasteiger partial charge in [-0.15, -0.1) is 0 Å². The highest BCUT2D eigenvalue weighted by Gasteiger charge is 2.26. The third-order valence-electron chi connectivity index (χ3n) is 3.52. The fraction of sp³-hybridized carbons (Fsp3) is 0.467. The number of halogens is 1. The molecule has 0 fully saturated rings. The van der Waals surface area contributed by atoms with E-state index in [2.05, 4.69) is 11.4 Å². The molecule has 0 spiro atoms. The summed E-state index contributed by atoms with van der Waals surface area (Å²) in [5.74, 6) is 0. The summed E-state index contributed by atoms with van der Waals surface area (Å²) < 4.78 is 26.8. The molecule has 116 valence electrons. The Morgan fingerprint density at radius 3 is 2.76 bits per heavy atom. The molecular weight excluding hydrogens is 308 g/mol. The van der Waals surface area contributed by atoms with Crippen molar-refractivity contribution >= 4 is 21.6 Å². The lowest BCUT2D eigenvalue weighted by atomic mass is 10.2. The van der Waals surface area contributed by atoms with Crippen LogP contribution in [0.2, 0.25) is 5.02 Å². The lowest BCUT2D eigenvalue weighted by molar-refractivity contribution is 0.428. The number of nitrogens with one attached hydrogen (secondary N) is 1. The van der Waals surface area contributed by atoms with E-state index in [-0.39, 0.29) is 4.90 Å². The van der Waals surface area contributed by atoms with Gasteiger partial charge in [-0.25, -0.2) is 8.42 Å². The Morgan fingerprint density at radius 1 is 1.38 bits per heavy atom. The molecule has 1 heterocycles. The average Bonchev–Trinajstić information content (AvgIpc) is 2.46. The molecule has 0 bridgehead atoms. The van der Waals surface area contributed by atoms with Crippen molar-refractivity contribution in [1.29, 1.82) is 0 Å². The van der Waals surface area contributed by atoms with Crippen LogP contribution in [0, 0.1) is 0 Å². The second kappa shape index (κ2) is 6.92. The summed E-state index contributed by atoms with van der Waals surface area (Å²) in [7, 11) is -3.47. The lowest BCUT2D eigenvalue weighted by Gasteiger charge is -2.25. The molecule has 6 heteroatoms. The zero-order valence-corrected chi connectivity index (χ0v) is 14.0. The molecule has 0 unspecified atom stereocenters. The van der Waals surface area contributed by atoms with Crippen LogP contribution in [0.3, 0.4) is 0 Å². The smallest absolute Gasteiger partial charge is 0.243 e. The van der Waals surface area contributed by atoms with Gasteiger partial charge < -0.3 is 5.32 Å². The second-order valence-corrected chi connectivity index (χ2v) is 7.56. The normalized spacial score (nSPS) is 16.8. The van der Waals surface area contributed by atoms with Gasteiger partial charge in [-0.3, -0.25) is 0 Å². The predicted octanol–water partition coefficient (Wildman–Crippen LogP) is 2.79. The number of rotatable bonds is 5. The average molecular weight is 329 g/mol. The minimum Gasteiger partial charge on any atom is -0.313 e. The maximum Gasteiger partial charge on any atom is 0.243 e. The van der Waals surface area contributed by atoms with Gasteiger partial charge >= 0.3 is 0 Å². The third kappa shape index (κ3) is 3.86. The first-order chi connectivity index (χ1) is 9.95. The Balaban J connectivity index is 2.24. The molecule has 0 atom stereocenters. The zero-order valence-electron chi connectivity index (χ0n) is 12.4. The van der Waals surface area contributed by atoms with Crippen molar-refractivity contribution in [1.82, 2.24) is 9.62 Å². The molecule has 0 saturated heterocycles. The number of benzene rings is 1. The van der Waals surface area contributed by atoms with E-state index < -0.39 is 10.0 Å². The van der Waals surface area contributed by atoms with Gasteiger partial charge in [-0.2, -0.15) is 4.31 Å². The van der Waals surface area contributed by atoms with Gasteiger partial charge in [0.05, 0.1) is 4.90 Å². The lowest BCUT2D eigenvalue weighted by Crippen LogP contribution is -2.35. The molecule has 21 heavy (non-hydrogen) atoms. The van der Waals surface area contributed by atoms with E-state index in [1.165, 1.54) is 4.31 Å². The van der Waals surface area contributed by atoms with Crippen molar-refractivity contribution in [2.45, 2.75) is 31.7 Å². The van der Waals surface area contributed by atoms with E-state index in [9.17, 15) is 8.42 Å². The van der Waals surface area contributed by atoms with Crippen LogP contribution in [0.1, 0.15) is 25.8 Å². The third-order valence-corrected chi connectivity index (χ3v) is 5.72. The van der Waals surface area contributed by atoms with Crippen LogP contribution in [-0.4, -0.2) is 32.4 Å². The molecule has 0 aliphatic carbocycles. The van der Waals surface area contributed by atoms with Gasteiger partial charge in [0.1, 0.15) is 0 Å². The minimum absolute atomic E-state index is 0.266. The fourth-order valence-corrected chi connectivity index (χ4v) is 4.16. The minimum atomic E-state index is -3.47. The Labute approximate surface area is 131 Å². The first-order valence-corrected chi connectivity index (χ1v) is 8.92. The first-order valence-electron chi connectivity index (χ1n) is 7.10. The molecule has 0 saturated carbocycles. The quantitative estimate of drug-likeness (QED) is 0.846. The maximum absolute atomic E-state index is 12.6. The molecule has 1 aliphatic rings. The van der Waals surface area contributed by atoms with Gasteiger partial charge in [0.15, 0.2) is 0 Å². The fourth-order valence-electron chi connectivity index (χ4n) is 2.32. The highest BCUT2D eigenvalue weighted by molar-refractivity contribution is 7.89. The Morgan fingerprint density at radius 2 is 2.14 bits per heavy atom. The maximum atomic E-state index is 12.6. The van der Waals surface area contributed by atoms with Crippen LogP contribution >= 0.6 is 11.6 Å². The largest absolute Gasteiger partial charge is 0.313 e. The van der Waals surface area contributed by atoms with E-state index in [4.69, 9.17) is 11.6 Å². The van der Waals surface area contributed by atoms with Crippen molar-refractivity contribution in [3.63, 3.8) is 0 Å². The monoisotopic (exact) mass is 328 g/mol. The predicted molar refractivity (Wildman–Crippen MR) is 86.0 cm³/mol. The highest BCUT2D eigenvalue weighted by Crippen LogP contribution is 2.25. The van der Waals surface area contributed by atoms with Crippen molar-refractivity contribution in [3.05, 3.63) is 40.4 Å². The van der Waals surface area contributed by atoms with E-state index in [0.29, 0.717) is 24.7 Å². The molecule has 4 nitrogen and oxygen atoms in total. The SMILES string of the molecule is CCNCc1ccc(S(=O)(=O)N2CCC=C(C)C2)cc1Cl. The van der Waals surface area contributed by atoms with Crippen LogP contribution in [0.25, 0.3) is 0 Å².